The Morgan fingerprint density at radius 3 is 2.81 bits per heavy atom. The number of hydrogen-bond donors (Lipinski definition) is 2. The number of hydrogen-bond acceptors (Lipinski definition) is 4. The van der Waals surface area contributed by atoms with Crippen LogP contribution in [0.5, 0.6) is 0 Å². The van der Waals surface area contributed by atoms with Gasteiger partial charge in [-0.2, -0.15) is 10.2 Å². The molecule has 1 aromatic carbocycles. The molecule has 0 unspecified atom stereocenters. The van der Waals surface area contributed by atoms with E-state index >= 15 is 0 Å². The molecule has 2 N–H and O–H groups in total. The highest BCUT2D eigenvalue weighted by Crippen LogP contribution is 2.17. The van der Waals surface area contributed by atoms with Gasteiger partial charge in [-0.25, -0.2) is 4.68 Å². The van der Waals surface area contributed by atoms with Crippen molar-refractivity contribution in [3.8, 4) is 17.1 Å². The first-order chi connectivity index (χ1) is 12.8. The predicted octanol–water partition coefficient (Wildman–Crippen LogP) is 2.83. The third kappa shape index (κ3) is 3.41. The van der Waals surface area contributed by atoms with Gasteiger partial charge in [-0.3, -0.25) is 9.89 Å². The summed E-state index contributed by atoms with van der Waals surface area (Å²) in [4.78, 5) is 12.2. The summed E-state index contributed by atoms with van der Waals surface area (Å²) in [6.45, 7) is 0.531. The maximum absolute atomic E-state index is 12.2. The summed E-state index contributed by atoms with van der Waals surface area (Å²) in [5.41, 5.74) is 3.16. The summed E-state index contributed by atoms with van der Waals surface area (Å²) in [6, 6.07) is 15.2. The Kier molecular flexibility index (Phi) is 4.34. The SMILES string of the molecule is O=C(NCCc1ccc(-n2cccn2)cc1)c1cc(-c2ccco2)[nH]n1. The van der Waals surface area contributed by atoms with E-state index in [2.05, 4.69) is 20.6 Å². The van der Waals surface area contributed by atoms with Crippen LogP contribution in [0.2, 0.25) is 0 Å². The number of aromatic nitrogens is 4. The average molecular weight is 347 g/mol. The van der Waals surface area contributed by atoms with E-state index < -0.39 is 0 Å². The van der Waals surface area contributed by atoms with Crippen molar-refractivity contribution in [1.82, 2.24) is 25.3 Å². The molecule has 3 aromatic heterocycles. The van der Waals surface area contributed by atoms with Gasteiger partial charge in [0.05, 0.1) is 12.0 Å². The van der Waals surface area contributed by atoms with Crippen molar-refractivity contribution in [2.24, 2.45) is 0 Å². The number of rotatable bonds is 6. The topological polar surface area (TPSA) is 88.7 Å². The lowest BCUT2D eigenvalue weighted by molar-refractivity contribution is 0.0949. The number of carbonyl (C=O) groups is 1. The second-order valence-corrected chi connectivity index (χ2v) is 5.77. The highest BCUT2D eigenvalue weighted by Gasteiger charge is 2.12. The van der Waals surface area contributed by atoms with E-state index in [4.69, 9.17) is 4.42 Å². The number of H-pyrrole nitrogens is 1. The van der Waals surface area contributed by atoms with Crippen LogP contribution >= 0.6 is 0 Å². The van der Waals surface area contributed by atoms with Gasteiger partial charge in [0.15, 0.2) is 11.5 Å². The molecule has 0 radical (unpaired) electrons. The highest BCUT2D eigenvalue weighted by molar-refractivity contribution is 5.93. The normalized spacial score (nSPS) is 10.8. The van der Waals surface area contributed by atoms with Crippen molar-refractivity contribution >= 4 is 5.91 Å². The monoisotopic (exact) mass is 347 g/mol. The zero-order valence-electron chi connectivity index (χ0n) is 13.9. The maximum Gasteiger partial charge on any atom is 0.271 e. The van der Waals surface area contributed by atoms with E-state index in [1.54, 1.807) is 29.3 Å². The van der Waals surface area contributed by atoms with Crippen molar-refractivity contribution in [1.29, 1.82) is 0 Å². The Morgan fingerprint density at radius 2 is 2.08 bits per heavy atom. The summed E-state index contributed by atoms with van der Waals surface area (Å²) < 4.78 is 7.08. The number of aromatic amines is 1. The number of nitrogens with zero attached hydrogens (tertiary/aromatic N) is 3. The largest absolute Gasteiger partial charge is 0.463 e. The van der Waals surface area contributed by atoms with Crippen LogP contribution in [-0.2, 0) is 6.42 Å². The molecular formula is C19H17N5O2. The van der Waals surface area contributed by atoms with Gasteiger partial charge in [0.25, 0.3) is 5.91 Å². The van der Waals surface area contributed by atoms with Crippen LogP contribution in [0.3, 0.4) is 0 Å². The fourth-order valence-electron chi connectivity index (χ4n) is 2.64. The molecular weight excluding hydrogens is 330 g/mol. The van der Waals surface area contributed by atoms with Crippen LogP contribution in [0.4, 0.5) is 0 Å². The number of furan rings is 1. The average Bonchev–Trinajstić information content (AvgIpc) is 3.44. The van der Waals surface area contributed by atoms with Gasteiger partial charge in [-0.05, 0) is 42.3 Å². The van der Waals surface area contributed by atoms with E-state index in [0.29, 0.717) is 23.7 Å². The van der Waals surface area contributed by atoms with Gasteiger partial charge in [0.1, 0.15) is 5.69 Å². The fourth-order valence-corrected chi connectivity index (χ4v) is 2.64. The van der Waals surface area contributed by atoms with E-state index in [0.717, 1.165) is 17.7 Å². The summed E-state index contributed by atoms with van der Waals surface area (Å²) in [5, 5.41) is 13.9. The smallest absolute Gasteiger partial charge is 0.271 e. The molecule has 0 saturated heterocycles. The molecule has 3 heterocycles. The molecule has 0 bridgehead atoms. The summed E-state index contributed by atoms with van der Waals surface area (Å²) in [7, 11) is 0. The van der Waals surface area contributed by atoms with Crippen molar-refractivity contribution in [2.45, 2.75) is 6.42 Å². The number of carbonyl (C=O) groups excluding carboxylic acids is 1. The molecule has 0 aliphatic rings. The Hall–Kier alpha value is -3.61. The zero-order valence-corrected chi connectivity index (χ0v) is 13.9. The molecule has 4 aromatic rings. The van der Waals surface area contributed by atoms with E-state index in [1.165, 1.54) is 0 Å². The third-order valence-electron chi connectivity index (χ3n) is 4.00. The Morgan fingerprint density at radius 1 is 1.19 bits per heavy atom. The van der Waals surface area contributed by atoms with E-state index in [1.807, 2.05) is 42.6 Å². The standard InChI is InChI=1S/C19H17N5O2/c25-19(17-13-16(22-23-17)18-3-1-12-26-18)20-10-8-14-4-6-15(7-5-14)24-11-2-9-21-24/h1-7,9,11-13H,8,10H2,(H,20,25)(H,22,23). The molecule has 0 spiro atoms. The molecule has 7 heteroatoms. The first kappa shape index (κ1) is 15.9. The molecule has 1 amide bonds. The highest BCUT2D eigenvalue weighted by atomic mass is 16.3. The second kappa shape index (κ2) is 7.10. The van der Waals surface area contributed by atoms with E-state index in [9.17, 15) is 4.79 Å². The molecule has 0 aliphatic carbocycles. The lowest BCUT2D eigenvalue weighted by Gasteiger charge is -2.05. The summed E-state index contributed by atoms with van der Waals surface area (Å²) >= 11 is 0. The number of amides is 1. The van der Waals surface area contributed by atoms with Gasteiger partial charge < -0.3 is 9.73 Å². The minimum absolute atomic E-state index is 0.216. The van der Waals surface area contributed by atoms with Crippen LogP contribution in [0, 0.1) is 0 Å². The van der Waals surface area contributed by atoms with Crippen molar-refractivity contribution < 1.29 is 9.21 Å². The van der Waals surface area contributed by atoms with Gasteiger partial charge in [0.2, 0.25) is 0 Å². The Bertz CT molecular complexity index is 970. The van der Waals surface area contributed by atoms with Gasteiger partial charge in [-0.15, -0.1) is 0 Å². The minimum atomic E-state index is -0.216. The predicted molar refractivity (Wildman–Crippen MR) is 95.9 cm³/mol. The molecule has 7 nitrogen and oxygen atoms in total. The Labute approximate surface area is 149 Å². The number of benzene rings is 1. The molecule has 0 atom stereocenters. The molecule has 26 heavy (non-hydrogen) atoms. The van der Waals surface area contributed by atoms with Gasteiger partial charge in [0, 0.05) is 25.0 Å². The molecule has 130 valence electrons. The first-order valence-electron chi connectivity index (χ1n) is 8.26. The van der Waals surface area contributed by atoms with Crippen molar-refractivity contribution in [3.05, 3.63) is 78.4 Å². The van der Waals surface area contributed by atoms with Crippen LogP contribution in [-0.4, -0.2) is 32.4 Å². The lowest BCUT2D eigenvalue weighted by Crippen LogP contribution is -2.26. The van der Waals surface area contributed by atoms with Crippen LogP contribution < -0.4 is 5.32 Å². The Balaban J connectivity index is 1.31. The second-order valence-electron chi connectivity index (χ2n) is 5.77. The summed E-state index contributed by atoms with van der Waals surface area (Å²) in [6.07, 6.45) is 5.96. The first-order valence-corrected chi connectivity index (χ1v) is 8.26. The van der Waals surface area contributed by atoms with E-state index in [-0.39, 0.29) is 5.91 Å². The van der Waals surface area contributed by atoms with Gasteiger partial charge in [-0.1, -0.05) is 12.1 Å². The quantitative estimate of drug-likeness (QED) is 0.561. The summed E-state index contributed by atoms with van der Waals surface area (Å²) in [5.74, 6) is 0.432. The number of nitrogens with one attached hydrogen (secondary N) is 2. The van der Waals surface area contributed by atoms with Gasteiger partial charge >= 0.3 is 0 Å². The van der Waals surface area contributed by atoms with Crippen molar-refractivity contribution in [2.75, 3.05) is 6.54 Å². The zero-order chi connectivity index (χ0) is 17.8. The minimum Gasteiger partial charge on any atom is -0.463 e. The molecule has 0 aliphatic heterocycles. The van der Waals surface area contributed by atoms with Crippen LogP contribution in [0.25, 0.3) is 17.1 Å². The van der Waals surface area contributed by atoms with Crippen molar-refractivity contribution in [3.63, 3.8) is 0 Å². The van der Waals surface area contributed by atoms with Crippen LogP contribution in [0.15, 0.2) is 71.6 Å². The fraction of sp³-hybridized carbons (Fsp3) is 0.105. The molecule has 0 fully saturated rings. The third-order valence-corrected chi connectivity index (χ3v) is 4.00. The van der Waals surface area contributed by atoms with Crippen LogP contribution in [0.1, 0.15) is 16.1 Å². The maximum atomic E-state index is 12.2. The molecule has 0 saturated carbocycles. The lowest BCUT2D eigenvalue weighted by atomic mass is 10.1. The molecule has 4 rings (SSSR count).